The van der Waals surface area contributed by atoms with Crippen LogP contribution in [0.2, 0.25) is 0 Å². The highest BCUT2D eigenvalue weighted by atomic mass is 16.6. The number of amides is 1. The van der Waals surface area contributed by atoms with Crippen LogP contribution in [0.3, 0.4) is 0 Å². The molecule has 0 aromatic carbocycles. The molecule has 0 aromatic rings. The van der Waals surface area contributed by atoms with E-state index in [0.717, 1.165) is 32.1 Å². The Kier molecular flexibility index (Phi) is 5.39. The largest absolute Gasteiger partial charge is 0.480 e. The van der Waals surface area contributed by atoms with Crippen LogP contribution in [0, 0.1) is 0 Å². The number of carboxylic acid groups (broad SMARTS) is 1. The molecular formula is C14H23NO4. The summed E-state index contributed by atoms with van der Waals surface area (Å²) in [4.78, 5) is 24.9. The highest BCUT2D eigenvalue weighted by Gasteiger charge is 2.43. The summed E-state index contributed by atoms with van der Waals surface area (Å²) in [5.74, 6) is -1.02. The van der Waals surface area contributed by atoms with Crippen LogP contribution in [0.25, 0.3) is 0 Å². The zero-order chi connectivity index (χ0) is 14.5. The fourth-order valence-electron chi connectivity index (χ4n) is 2.48. The first kappa shape index (κ1) is 15.5. The van der Waals surface area contributed by atoms with Gasteiger partial charge in [-0.05, 0) is 26.7 Å². The molecule has 0 unspecified atom stereocenters. The summed E-state index contributed by atoms with van der Waals surface area (Å²) in [5, 5.41) is 9.35. The van der Waals surface area contributed by atoms with Crippen molar-refractivity contribution in [1.29, 1.82) is 0 Å². The van der Waals surface area contributed by atoms with Crippen molar-refractivity contribution in [2.45, 2.75) is 57.5 Å². The van der Waals surface area contributed by atoms with Crippen LogP contribution in [0.4, 0.5) is 4.79 Å². The Morgan fingerprint density at radius 2 is 1.95 bits per heavy atom. The Labute approximate surface area is 114 Å². The SMILES string of the molecule is C=CCOC(=O)N(C1CCCCC1)C(C)(C)C(=O)O. The van der Waals surface area contributed by atoms with Crippen molar-refractivity contribution in [1.82, 2.24) is 4.90 Å². The summed E-state index contributed by atoms with van der Waals surface area (Å²) >= 11 is 0. The Bertz CT molecular complexity index is 345. The molecule has 0 aliphatic heterocycles. The van der Waals surface area contributed by atoms with Crippen molar-refractivity contribution >= 4 is 12.1 Å². The van der Waals surface area contributed by atoms with E-state index in [1.54, 1.807) is 13.8 Å². The van der Waals surface area contributed by atoms with E-state index in [0.29, 0.717) is 0 Å². The minimum Gasteiger partial charge on any atom is -0.480 e. The summed E-state index contributed by atoms with van der Waals surface area (Å²) in [6, 6.07) is -0.0582. The molecule has 1 aliphatic carbocycles. The maximum atomic E-state index is 12.1. The number of hydrogen-bond acceptors (Lipinski definition) is 3. The van der Waals surface area contributed by atoms with Crippen LogP contribution in [0.1, 0.15) is 46.0 Å². The number of carbonyl (C=O) groups excluding carboxylic acids is 1. The van der Waals surface area contributed by atoms with Crippen molar-refractivity contribution in [2.75, 3.05) is 6.61 Å². The highest BCUT2D eigenvalue weighted by molar-refractivity contribution is 5.83. The predicted octanol–water partition coefficient (Wildman–Crippen LogP) is 2.81. The molecule has 0 atom stereocenters. The van der Waals surface area contributed by atoms with E-state index in [1.807, 2.05) is 0 Å². The number of ether oxygens (including phenoxy) is 1. The molecule has 5 heteroatoms. The number of rotatable bonds is 5. The standard InChI is InChI=1S/C14H23NO4/c1-4-10-19-13(18)15(14(2,3)12(16)17)11-8-6-5-7-9-11/h4,11H,1,5-10H2,2-3H3,(H,16,17). The summed E-state index contributed by atoms with van der Waals surface area (Å²) in [7, 11) is 0. The fraction of sp³-hybridized carbons (Fsp3) is 0.714. The van der Waals surface area contributed by atoms with Crippen molar-refractivity contribution < 1.29 is 19.4 Å². The van der Waals surface area contributed by atoms with Gasteiger partial charge in [0.1, 0.15) is 12.1 Å². The first-order valence-electron chi connectivity index (χ1n) is 6.71. The van der Waals surface area contributed by atoms with Gasteiger partial charge >= 0.3 is 12.1 Å². The lowest BCUT2D eigenvalue weighted by molar-refractivity contribution is -0.150. The molecule has 1 saturated carbocycles. The molecule has 19 heavy (non-hydrogen) atoms. The van der Waals surface area contributed by atoms with Gasteiger partial charge in [0.05, 0.1) is 0 Å². The second kappa shape index (κ2) is 6.59. The van der Waals surface area contributed by atoms with Gasteiger partial charge in [0.15, 0.2) is 0 Å². The third kappa shape index (κ3) is 3.72. The monoisotopic (exact) mass is 269 g/mol. The molecule has 1 amide bonds. The molecule has 0 aromatic heterocycles. The van der Waals surface area contributed by atoms with Crippen LogP contribution >= 0.6 is 0 Å². The van der Waals surface area contributed by atoms with Crippen LogP contribution < -0.4 is 0 Å². The van der Waals surface area contributed by atoms with Crippen molar-refractivity contribution in [3.05, 3.63) is 12.7 Å². The minimum absolute atomic E-state index is 0.0582. The lowest BCUT2D eigenvalue weighted by Crippen LogP contribution is -2.58. The molecular weight excluding hydrogens is 246 g/mol. The Morgan fingerprint density at radius 3 is 2.42 bits per heavy atom. The lowest BCUT2D eigenvalue weighted by Gasteiger charge is -2.41. The van der Waals surface area contributed by atoms with E-state index in [2.05, 4.69) is 6.58 Å². The number of nitrogens with zero attached hydrogens (tertiary/aromatic N) is 1. The first-order valence-corrected chi connectivity index (χ1v) is 6.71. The second-order valence-corrected chi connectivity index (χ2v) is 5.39. The normalized spacial score (nSPS) is 16.7. The van der Waals surface area contributed by atoms with Crippen LogP contribution in [-0.4, -0.2) is 40.3 Å². The third-order valence-corrected chi connectivity index (χ3v) is 3.59. The molecule has 1 rings (SSSR count). The van der Waals surface area contributed by atoms with Gasteiger partial charge in [-0.3, -0.25) is 4.90 Å². The Balaban J connectivity index is 2.92. The van der Waals surface area contributed by atoms with Crippen LogP contribution in [-0.2, 0) is 9.53 Å². The maximum Gasteiger partial charge on any atom is 0.411 e. The molecule has 5 nitrogen and oxygen atoms in total. The van der Waals surface area contributed by atoms with E-state index in [1.165, 1.54) is 11.0 Å². The molecule has 1 aliphatic rings. The minimum atomic E-state index is -1.26. The van der Waals surface area contributed by atoms with Gasteiger partial charge in [0, 0.05) is 6.04 Å². The highest BCUT2D eigenvalue weighted by Crippen LogP contribution is 2.29. The van der Waals surface area contributed by atoms with Crippen molar-refractivity contribution in [3.63, 3.8) is 0 Å². The van der Waals surface area contributed by atoms with E-state index in [-0.39, 0.29) is 12.6 Å². The van der Waals surface area contributed by atoms with Crippen LogP contribution in [0.5, 0.6) is 0 Å². The zero-order valence-corrected chi connectivity index (χ0v) is 11.7. The van der Waals surface area contributed by atoms with E-state index >= 15 is 0 Å². The Morgan fingerprint density at radius 1 is 1.37 bits per heavy atom. The second-order valence-electron chi connectivity index (χ2n) is 5.39. The smallest absolute Gasteiger partial charge is 0.411 e. The molecule has 0 saturated heterocycles. The fourth-order valence-corrected chi connectivity index (χ4v) is 2.48. The quantitative estimate of drug-likeness (QED) is 0.779. The lowest BCUT2D eigenvalue weighted by atomic mass is 9.90. The van der Waals surface area contributed by atoms with Gasteiger partial charge in [-0.2, -0.15) is 0 Å². The maximum absolute atomic E-state index is 12.1. The molecule has 0 spiro atoms. The van der Waals surface area contributed by atoms with E-state index in [4.69, 9.17) is 4.74 Å². The number of carbonyl (C=O) groups is 2. The van der Waals surface area contributed by atoms with Gasteiger partial charge in [0.25, 0.3) is 0 Å². The summed E-state index contributed by atoms with van der Waals surface area (Å²) in [6.45, 7) is 6.67. The van der Waals surface area contributed by atoms with Crippen molar-refractivity contribution in [2.24, 2.45) is 0 Å². The molecule has 0 radical (unpaired) electrons. The summed E-state index contributed by atoms with van der Waals surface area (Å²) in [5.41, 5.74) is -1.26. The van der Waals surface area contributed by atoms with Gasteiger partial charge in [0.2, 0.25) is 0 Å². The average molecular weight is 269 g/mol. The van der Waals surface area contributed by atoms with Crippen molar-refractivity contribution in [3.8, 4) is 0 Å². The average Bonchev–Trinajstić information content (AvgIpc) is 2.37. The Hall–Kier alpha value is -1.52. The summed E-state index contributed by atoms with van der Waals surface area (Å²) in [6.07, 6.45) is 5.75. The number of aliphatic carboxylic acids is 1. The van der Waals surface area contributed by atoms with Gasteiger partial charge in [-0.25, -0.2) is 9.59 Å². The molecule has 1 N–H and O–H groups in total. The van der Waals surface area contributed by atoms with Gasteiger partial charge in [-0.1, -0.05) is 31.9 Å². The zero-order valence-electron chi connectivity index (χ0n) is 11.7. The number of hydrogen-bond donors (Lipinski definition) is 1. The van der Waals surface area contributed by atoms with E-state index in [9.17, 15) is 14.7 Å². The molecule has 108 valence electrons. The number of carboxylic acids is 1. The predicted molar refractivity (Wildman–Crippen MR) is 72.0 cm³/mol. The van der Waals surface area contributed by atoms with Gasteiger partial charge < -0.3 is 9.84 Å². The topological polar surface area (TPSA) is 66.8 Å². The molecule has 0 heterocycles. The van der Waals surface area contributed by atoms with Gasteiger partial charge in [-0.15, -0.1) is 0 Å². The molecule has 1 fully saturated rings. The summed E-state index contributed by atoms with van der Waals surface area (Å²) < 4.78 is 5.05. The third-order valence-electron chi connectivity index (χ3n) is 3.59. The first-order chi connectivity index (χ1) is 8.91. The van der Waals surface area contributed by atoms with E-state index < -0.39 is 17.6 Å². The molecule has 0 bridgehead atoms. The van der Waals surface area contributed by atoms with Crippen LogP contribution in [0.15, 0.2) is 12.7 Å².